The third-order valence-electron chi connectivity index (χ3n) is 2.37. The number of nitrogens with zero attached hydrogens (tertiary/aromatic N) is 4. The number of rotatable bonds is 3. The number of aromatic nitrogens is 2. The Balaban J connectivity index is 2.25. The highest BCUT2D eigenvalue weighted by Crippen LogP contribution is 2.25. The number of allylic oxidation sites excluding steroid dienone is 1. The number of benzene rings is 1. The van der Waals surface area contributed by atoms with Crippen molar-refractivity contribution >= 4 is 28.9 Å². The molecule has 0 aliphatic heterocycles. The lowest BCUT2D eigenvalue weighted by atomic mass is 10.2. The van der Waals surface area contributed by atoms with Crippen molar-refractivity contribution in [3.63, 3.8) is 0 Å². The molecule has 1 heterocycles. The lowest BCUT2D eigenvalue weighted by Crippen LogP contribution is -1.96. The molecule has 0 saturated heterocycles. The predicted molar refractivity (Wildman–Crippen MR) is 76.5 cm³/mol. The first-order valence-electron chi connectivity index (χ1n) is 5.41. The predicted octanol–water partition coefficient (Wildman–Crippen LogP) is 3.52. The van der Waals surface area contributed by atoms with Gasteiger partial charge in [-0.3, -0.25) is 0 Å². The van der Waals surface area contributed by atoms with E-state index in [9.17, 15) is 0 Å². The summed E-state index contributed by atoms with van der Waals surface area (Å²) in [4.78, 5) is 0. The summed E-state index contributed by atoms with van der Waals surface area (Å²) in [5.74, 6) is 0. The molecule has 0 atom stereocenters. The Labute approximate surface area is 125 Å². The van der Waals surface area contributed by atoms with E-state index in [-0.39, 0.29) is 5.57 Å². The Morgan fingerprint density at radius 1 is 1.30 bits per heavy atom. The van der Waals surface area contributed by atoms with Crippen LogP contribution < -0.4 is 5.32 Å². The average molecular weight is 304 g/mol. The average Bonchev–Trinajstić information content (AvgIpc) is 2.86. The van der Waals surface area contributed by atoms with Crippen LogP contribution in [-0.2, 0) is 0 Å². The van der Waals surface area contributed by atoms with Crippen LogP contribution in [0.5, 0.6) is 0 Å². The number of hydrogen-bond donors (Lipinski definition) is 1. The molecule has 0 amide bonds. The van der Waals surface area contributed by atoms with Gasteiger partial charge in [0.1, 0.15) is 17.7 Å². The first-order chi connectivity index (χ1) is 9.63. The zero-order chi connectivity index (χ0) is 14.5. The third kappa shape index (κ3) is 3.10. The minimum absolute atomic E-state index is 0.0240. The van der Waals surface area contributed by atoms with E-state index in [1.165, 1.54) is 12.4 Å². The van der Waals surface area contributed by atoms with Crippen LogP contribution in [0.4, 0.5) is 5.69 Å². The number of anilines is 1. The van der Waals surface area contributed by atoms with Gasteiger partial charge in [0.2, 0.25) is 0 Å². The summed E-state index contributed by atoms with van der Waals surface area (Å²) >= 11 is 12.0. The molecule has 20 heavy (non-hydrogen) atoms. The second kappa shape index (κ2) is 6.12. The monoisotopic (exact) mass is 303 g/mol. The van der Waals surface area contributed by atoms with Crippen LogP contribution in [-0.4, -0.2) is 9.78 Å². The fourth-order valence-corrected chi connectivity index (χ4v) is 1.86. The van der Waals surface area contributed by atoms with Gasteiger partial charge in [-0.25, -0.2) is 4.68 Å². The molecule has 0 spiro atoms. The normalized spacial score (nSPS) is 9.40. The van der Waals surface area contributed by atoms with E-state index in [1.807, 2.05) is 0 Å². The van der Waals surface area contributed by atoms with Gasteiger partial charge in [0.15, 0.2) is 0 Å². The number of hydrogen-bond acceptors (Lipinski definition) is 4. The standard InChI is InChI=1S/C13H7Cl2N5/c14-10-7-19-20(8-10)13-2-1-11(3-12(13)15)18-6-9(4-16)5-17/h1-3,6-8,18H. The summed E-state index contributed by atoms with van der Waals surface area (Å²) in [6, 6.07) is 8.67. The van der Waals surface area contributed by atoms with Crippen molar-refractivity contribution < 1.29 is 0 Å². The van der Waals surface area contributed by atoms with Crippen LogP contribution in [0.2, 0.25) is 10.0 Å². The largest absolute Gasteiger partial charge is 0.360 e. The maximum Gasteiger partial charge on any atom is 0.145 e. The lowest BCUT2D eigenvalue weighted by Gasteiger charge is -2.07. The smallest absolute Gasteiger partial charge is 0.145 e. The van der Waals surface area contributed by atoms with E-state index in [2.05, 4.69) is 10.4 Å². The quantitative estimate of drug-likeness (QED) is 0.880. The number of halogens is 2. The SMILES string of the molecule is N#CC(C#N)=CNc1ccc(-n2cc(Cl)cn2)c(Cl)c1. The summed E-state index contributed by atoms with van der Waals surface area (Å²) in [7, 11) is 0. The molecule has 0 saturated carbocycles. The Morgan fingerprint density at radius 2 is 2.05 bits per heavy atom. The van der Waals surface area contributed by atoms with Gasteiger partial charge in [-0.1, -0.05) is 23.2 Å². The van der Waals surface area contributed by atoms with Crippen LogP contribution in [0, 0.1) is 22.7 Å². The van der Waals surface area contributed by atoms with Crippen molar-refractivity contribution in [1.29, 1.82) is 10.5 Å². The van der Waals surface area contributed by atoms with Gasteiger partial charge >= 0.3 is 0 Å². The summed E-state index contributed by atoms with van der Waals surface area (Å²) in [5, 5.41) is 25.1. The molecule has 1 N–H and O–H groups in total. The van der Waals surface area contributed by atoms with Crippen molar-refractivity contribution in [2.45, 2.75) is 0 Å². The van der Waals surface area contributed by atoms with Gasteiger partial charge in [-0.05, 0) is 18.2 Å². The van der Waals surface area contributed by atoms with Crippen molar-refractivity contribution in [1.82, 2.24) is 9.78 Å². The Bertz CT molecular complexity index is 733. The van der Waals surface area contributed by atoms with Crippen LogP contribution in [0.25, 0.3) is 5.69 Å². The molecular weight excluding hydrogens is 297 g/mol. The molecule has 98 valence electrons. The maximum absolute atomic E-state index is 8.62. The first-order valence-corrected chi connectivity index (χ1v) is 6.16. The van der Waals surface area contributed by atoms with E-state index in [1.54, 1.807) is 41.2 Å². The molecule has 0 bridgehead atoms. The molecule has 0 aliphatic carbocycles. The van der Waals surface area contributed by atoms with E-state index in [4.69, 9.17) is 33.7 Å². The molecule has 0 aliphatic rings. The highest BCUT2D eigenvalue weighted by Gasteiger charge is 2.05. The molecule has 2 rings (SSSR count). The van der Waals surface area contributed by atoms with Crippen LogP contribution in [0.1, 0.15) is 0 Å². The van der Waals surface area contributed by atoms with E-state index >= 15 is 0 Å². The van der Waals surface area contributed by atoms with Gasteiger partial charge in [-0.2, -0.15) is 15.6 Å². The van der Waals surface area contributed by atoms with E-state index in [0.717, 1.165) is 0 Å². The van der Waals surface area contributed by atoms with Crippen molar-refractivity contribution in [2.24, 2.45) is 0 Å². The van der Waals surface area contributed by atoms with E-state index in [0.29, 0.717) is 21.4 Å². The van der Waals surface area contributed by atoms with Crippen molar-refractivity contribution in [2.75, 3.05) is 5.32 Å². The Kier molecular flexibility index (Phi) is 4.27. The Morgan fingerprint density at radius 3 is 2.60 bits per heavy atom. The molecule has 1 aromatic heterocycles. The summed E-state index contributed by atoms with van der Waals surface area (Å²) in [5.41, 5.74) is 1.30. The van der Waals surface area contributed by atoms with Gasteiger partial charge in [-0.15, -0.1) is 0 Å². The van der Waals surface area contributed by atoms with Crippen LogP contribution in [0.3, 0.4) is 0 Å². The molecule has 1 aromatic carbocycles. The van der Waals surface area contributed by atoms with Gasteiger partial charge in [0.05, 0.1) is 21.9 Å². The summed E-state index contributed by atoms with van der Waals surface area (Å²) < 4.78 is 1.56. The van der Waals surface area contributed by atoms with Crippen molar-refractivity contribution in [3.05, 3.63) is 52.4 Å². The van der Waals surface area contributed by atoms with Crippen molar-refractivity contribution in [3.8, 4) is 17.8 Å². The van der Waals surface area contributed by atoms with Gasteiger partial charge in [0, 0.05) is 18.1 Å². The minimum Gasteiger partial charge on any atom is -0.360 e. The highest BCUT2D eigenvalue weighted by molar-refractivity contribution is 6.32. The van der Waals surface area contributed by atoms with Crippen LogP contribution in [0.15, 0.2) is 42.4 Å². The molecule has 0 fully saturated rings. The lowest BCUT2D eigenvalue weighted by molar-refractivity contribution is 0.881. The fourth-order valence-electron chi connectivity index (χ4n) is 1.46. The zero-order valence-electron chi connectivity index (χ0n) is 10.0. The molecular formula is C13H7Cl2N5. The second-order valence-electron chi connectivity index (χ2n) is 3.70. The van der Waals surface area contributed by atoms with E-state index < -0.39 is 0 Å². The molecule has 5 nitrogen and oxygen atoms in total. The molecule has 0 unspecified atom stereocenters. The number of nitrogens with one attached hydrogen (secondary N) is 1. The number of nitriles is 2. The maximum atomic E-state index is 8.62. The topological polar surface area (TPSA) is 77.4 Å². The zero-order valence-corrected chi connectivity index (χ0v) is 11.5. The van der Waals surface area contributed by atoms with Gasteiger partial charge in [0.25, 0.3) is 0 Å². The molecule has 2 aromatic rings. The van der Waals surface area contributed by atoms with Gasteiger partial charge < -0.3 is 5.32 Å². The third-order valence-corrected chi connectivity index (χ3v) is 2.87. The first kappa shape index (κ1) is 14.0. The summed E-state index contributed by atoms with van der Waals surface area (Å²) in [6.45, 7) is 0. The second-order valence-corrected chi connectivity index (χ2v) is 4.54. The minimum atomic E-state index is -0.0240. The van der Waals surface area contributed by atoms with Crippen LogP contribution >= 0.6 is 23.2 Å². The molecule has 0 radical (unpaired) electrons. The summed E-state index contributed by atoms with van der Waals surface area (Å²) in [6.07, 6.45) is 4.47. The highest BCUT2D eigenvalue weighted by atomic mass is 35.5. The fraction of sp³-hybridized carbons (Fsp3) is 0. The Hall–Kier alpha value is -2.47. The molecule has 7 heteroatoms.